The predicted octanol–water partition coefficient (Wildman–Crippen LogP) is 7.37. The Labute approximate surface area is 218 Å². The van der Waals surface area contributed by atoms with Crippen molar-refractivity contribution in [2.24, 2.45) is 0 Å². The van der Waals surface area contributed by atoms with Crippen LogP contribution < -0.4 is 14.2 Å². The van der Waals surface area contributed by atoms with E-state index in [0.717, 1.165) is 17.2 Å². The molecule has 1 heterocycles. The number of methoxy groups -OCH3 is 2. The first-order valence-electron chi connectivity index (χ1n) is 11.9. The van der Waals surface area contributed by atoms with Crippen LogP contribution in [0.3, 0.4) is 0 Å². The van der Waals surface area contributed by atoms with Gasteiger partial charge in [0, 0.05) is 17.0 Å². The Balaban J connectivity index is 1.54. The highest BCUT2D eigenvalue weighted by atomic mass is 19.4. The van der Waals surface area contributed by atoms with Crippen molar-refractivity contribution >= 4 is 10.9 Å². The molecule has 0 N–H and O–H groups in total. The molecule has 194 valence electrons. The smallest absolute Gasteiger partial charge is 0.418 e. The molecule has 0 amide bonds. The predicted molar refractivity (Wildman–Crippen MR) is 140 cm³/mol. The van der Waals surface area contributed by atoms with Gasteiger partial charge in [0.2, 0.25) is 0 Å². The van der Waals surface area contributed by atoms with Crippen LogP contribution in [0.15, 0.2) is 91.0 Å². The van der Waals surface area contributed by atoms with Gasteiger partial charge in [-0.3, -0.25) is 4.68 Å². The molecule has 1 aromatic heterocycles. The van der Waals surface area contributed by atoms with Crippen molar-refractivity contribution < 1.29 is 27.4 Å². The molecule has 0 spiro atoms. The average Bonchev–Trinajstić information content (AvgIpc) is 3.29. The summed E-state index contributed by atoms with van der Waals surface area (Å²) in [6, 6.07) is 26.4. The van der Waals surface area contributed by atoms with Gasteiger partial charge in [0.25, 0.3) is 0 Å². The van der Waals surface area contributed by atoms with E-state index in [4.69, 9.17) is 14.2 Å². The second kappa shape index (κ2) is 10.5. The summed E-state index contributed by atoms with van der Waals surface area (Å²) in [5.41, 5.74) is 2.21. The van der Waals surface area contributed by atoms with Gasteiger partial charge in [0.05, 0.1) is 32.0 Å². The lowest BCUT2D eigenvalue weighted by atomic mass is 10.0. The maximum Gasteiger partial charge on any atom is 0.418 e. The van der Waals surface area contributed by atoms with Crippen molar-refractivity contribution in [1.82, 2.24) is 9.78 Å². The normalized spacial score (nSPS) is 11.5. The molecule has 0 saturated carbocycles. The zero-order chi connectivity index (χ0) is 26.7. The lowest BCUT2D eigenvalue weighted by molar-refractivity contribution is -0.136. The largest absolute Gasteiger partial charge is 0.497 e. The molecule has 0 aliphatic carbocycles. The Morgan fingerprint density at radius 1 is 0.737 bits per heavy atom. The van der Waals surface area contributed by atoms with E-state index < -0.39 is 11.7 Å². The third-order valence-electron chi connectivity index (χ3n) is 6.17. The van der Waals surface area contributed by atoms with Crippen LogP contribution in [0, 0.1) is 0 Å². The molecule has 0 aliphatic heterocycles. The molecule has 5 rings (SSSR count). The van der Waals surface area contributed by atoms with Crippen LogP contribution in [0.25, 0.3) is 22.2 Å². The first-order valence-corrected chi connectivity index (χ1v) is 11.9. The highest BCUT2D eigenvalue weighted by Gasteiger charge is 2.34. The Bertz CT molecular complexity index is 1540. The van der Waals surface area contributed by atoms with Crippen molar-refractivity contribution in [2.75, 3.05) is 14.2 Å². The monoisotopic (exact) mass is 518 g/mol. The Hall–Kier alpha value is -4.46. The number of rotatable bonds is 8. The third kappa shape index (κ3) is 5.29. The molecule has 4 aromatic carbocycles. The summed E-state index contributed by atoms with van der Waals surface area (Å²) in [6.45, 7) is 0.566. The molecule has 38 heavy (non-hydrogen) atoms. The molecule has 0 fully saturated rings. The van der Waals surface area contributed by atoms with Crippen molar-refractivity contribution in [2.45, 2.75) is 19.3 Å². The summed E-state index contributed by atoms with van der Waals surface area (Å²) >= 11 is 0. The lowest BCUT2D eigenvalue weighted by Gasteiger charge is -2.12. The number of hydrogen-bond donors (Lipinski definition) is 0. The van der Waals surface area contributed by atoms with E-state index in [1.54, 1.807) is 31.0 Å². The SMILES string of the molecule is COc1cc(COc2cccc(-c3c4cccc(C(F)(F)F)c4nn3Cc3ccccc3)c2)cc(OC)c1. The topological polar surface area (TPSA) is 45.5 Å². The molecule has 0 atom stereocenters. The second-order valence-electron chi connectivity index (χ2n) is 8.73. The fourth-order valence-electron chi connectivity index (χ4n) is 4.41. The van der Waals surface area contributed by atoms with Crippen LogP contribution >= 0.6 is 0 Å². The van der Waals surface area contributed by atoms with E-state index in [9.17, 15) is 13.2 Å². The van der Waals surface area contributed by atoms with E-state index >= 15 is 0 Å². The first kappa shape index (κ1) is 25.2. The van der Waals surface area contributed by atoms with E-state index in [2.05, 4.69) is 5.10 Å². The number of benzene rings is 4. The van der Waals surface area contributed by atoms with Crippen molar-refractivity contribution in [1.29, 1.82) is 0 Å². The molecule has 0 bridgehead atoms. The van der Waals surface area contributed by atoms with E-state index in [1.165, 1.54) is 6.07 Å². The van der Waals surface area contributed by atoms with Gasteiger partial charge in [-0.1, -0.05) is 54.6 Å². The van der Waals surface area contributed by atoms with Gasteiger partial charge in [-0.15, -0.1) is 0 Å². The zero-order valence-corrected chi connectivity index (χ0v) is 20.8. The minimum atomic E-state index is -4.52. The van der Waals surface area contributed by atoms with Crippen molar-refractivity contribution in [3.8, 4) is 28.5 Å². The van der Waals surface area contributed by atoms with E-state index in [0.29, 0.717) is 40.4 Å². The average molecular weight is 519 g/mol. The molecule has 5 aromatic rings. The summed E-state index contributed by atoms with van der Waals surface area (Å²) in [6.07, 6.45) is -4.52. The summed E-state index contributed by atoms with van der Waals surface area (Å²) in [5, 5.41) is 4.86. The number of ether oxygens (including phenoxy) is 3. The van der Waals surface area contributed by atoms with Crippen LogP contribution in [-0.4, -0.2) is 24.0 Å². The minimum Gasteiger partial charge on any atom is -0.497 e. The molecular formula is C30H25F3N2O3. The van der Waals surface area contributed by atoms with Gasteiger partial charge in [0.1, 0.15) is 29.4 Å². The lowest BCUT2D eigenvalue weighted by Crippen LogP contribution is -2.06. The maximum absolute atomic E-state index is 13.8. The standard InChI is InChI=1S/C30H25F3N2O3/c1-36-24-14-21(15-25(17-24)37-2)19-38-23-11-6-10-22(16-23)29-26-12-7-13-27(30(31,32)33)28(26)34-35(29)18-20-8-4-3-5-9-20/h3-17H,18-19H2,1-2H3. The summed E-state index contributed by atoms with van der Waals surface area (Å²) < 4.78 is 59.8. The molecule has 0 aliphatic rings. The Morgan fingerprint density at radius 3 is 2.13 bits per heavy atom. The highest BCUT2D eigenvalue weighted by molar-refractivity contribution is 5.95. The van der Waals surface area contributed by atoms with Crippen molar-refractivity contribution in [3.05, 3.63) is 108 Å². The van der Waals surface area contributed by atoms with Gasteiger partial charge >= 0.3 is 6.18 Å². The Kier molecular flexibility index (Phi) is 6.96. The number of aromatic nitrogens is 2. The van der Waals surface area contributed by atoms with Gasteiger partial charge < -0.3 is 14.2 Å². The molecule has 0 saturated heterocycles. The maximum atomic E-state index is 13.8. The minimum absolute atomic E-state index is 0.0827. The number of hydrogen-bond acceptors (Lipinski definition) is 4. The number of nitrogens with zero attached hydrogens (tertiary/aromatic N) is 2. The van der Waals surface area contributed by atoms with Crippen molar-refractivity contribution in [3.63, 3.8) is 0 Å². The van der Waals surface area contributed by atoms with Crippen LogP contribution in [0.4, 0.5) is 13.2 Å². The molecular weight excluding hydrogens is 493 g/mol. The third-order valence-corrected chi connectivity index (χ3v) is 6.17. The van der Waals surface area contributed by atoms with Crippen LogP contribution in [0.1, 0.15) is 16.7 Å². The number of alkyl halides is 3. The molecule has 0 unspecified atom stereocenters. The number of halogens is 3. The van der Waals surface area contributed by atoms with E-state index in [-0.39, 0.29) is 12.1 Å². The summed E-state index contributed by atoms with van der Waals surface area (Å²) in [7, 11) is 3.16. The summed E-state index contributed by atoms with van der Waals surface area (Å²) in [5.74, 6) is 1.86. The highest BCUT2D eigenvalue weighted by Crippen LogP contribution is 2.39. The quantitative estimate of drug-likeness (QED) is 0.215. The van der Waals surface area contributed by atoms with Crippen LogP contribution in [-0.2, 0) is 19.3 Å². The fourth-order valence-corrected chi connectivity index (χ4v) is 4.41. The molecule has 5 nitrogen and oxygen atoms in total. The second-order valence-corrected chi connectivity index (χ2v) is 8.73. The van der Waals surface area contributed by atoms with Gasteiger partial charge in [-0.2, -0.15) is 18.3 Å². The van der Waals surface area contributed by atoms with Crippen LogP contribution in [0.5, 0.6) is 17.2 Å². The van der Waals surface area contributed by atoms with Gasteiger partial charge in [-0.05, 0) is 41.5 Å². The van der Waals surface area contributed by atoms with Gasteiger partial charge in [-0.25, -0.2) is 0 Å². The molecule has 0 radical (unpaired) electrons. The zero-order valence-electron chi connectivity index (χ0n) is 20.8. The van der Waals surface area contributed by atoms with Gasteiger partial charge in [0.15, 0.2) is 0 Å². The first-order chi connectivity index (χ1) is 18.4. The Morgan fingerprint density at radius 2 is 1.45 bits per heavy atom. The summed E-state index contributed by atoms with van der Waals surface area (Å²) in [4.78, 5) is 0. The van der Waals surface area contributed by atoms with E-state index in [1.807, 2.05) is 66.7 Å². The number of fused-ring (bicyclic) bond motifs is 1. The van der Waals surface area contributed by atoms with Crippen LogP contribution in [0.2, 0.25) is 0 Å². The fraction of sp³-hybridized carbons (Fsp3) is 0.167. The molecule has 8 heteroatoms.